The normalized spacial score (nSPS) is 13.3. The number of carbonyl (C=O) groups is 2. The molecule has 2 heterocycles. The van der Waals surface area contributed by atoms with Crippen LogP contribution in [0.15, 0.2) is 64.1 Å². The third-order valence-corrected chi connectivity index (χ3v) is 6.55. The number of thioether (sulfide) groups is 1. The smallest absolute Gasteiger partial charge is 0.237 e. The molecule has 30 heavy (non-hydrogen) atoms. The molecule has 0 unspecified atom stereocenters. The maximum Gasteiger partial charge on any atom is 0.237 e. The minimum absolute atomic E-state index is 0.0504. The highest BCUT2D eigenvalue weighted by Crippen LogP contribution is 2.39. The number of aryl methyl sites for hydroxylation is 1. The minimum atomic E-state index is -0.0716. The van der Waals surface area contributed by atoms with Crippen molar-refractivity contribution < 1.29 is 9.59 Å². The molecule has 154 valence electrons. The van der Waals surface area contributed by atoms with Crippen LogP contribution in [-0.2, 0) is 9.59 Å². The molecule has 0 atom stereocenters. The fraction of sp³-hybridized carbons (Fsp3) is 0.227. The standard InChI is InChI=1S/C22H21BrN4O2S/c1-15-21-22(27(25-15)16-8-3-2-4-9-16)30-14-20(29)26(21)13-7-12-19(28)24-18-11-6-5-10-17(18)23/h2-6,8-11H,7,12-14H2,1H3,(H,24,28). The second kappa shape index (κ2) is 9.06. The number of nitrogens with zero attached hydrogens (tertiary/aromatic N) is 3. The van der Waals surface area contributed by atoms with Crippen LogP contribution in [0.3, 0.4) is 0 Å². The number of benzene rings is 2. The summed E-state index contributed by atoms with van der Waals surface area (Å²) in [5.41, 5.74) is 3.38. The van der Waals surface area contributed by atoms with Gasteiger partial charge >= 0.3 is 0 Å². The first-order valence-corrected chi connectivity index (χ1v) is 11.4. The van der Waals surface area contributed by atoms with Crippen molar-refractivity contribution in [2.24, 2.45) is 0 Å². The maximum atomic E-state index is 12.6. The van der Waals surface area contributed by atoms with Crippen LogP contribution >= 0.6 is 27.7 Å². The van der Waals surface area contributed by atoms with Crippen LogP contribution in [0.4, 0.5) is 11.4 Å². The Morgan fingerprint density at radius 1 is 1.17 bits per heavy atom. The lowest BCUT2D eigenvalue weighted by Crippen LogP contribution is -2.36. The van der Waals surface area contributed by atoms with Crippen molar-refractivity contribution in [3.05, 3.63) is 64.8 Å². The zero-order chi connectivity index (χ0) is 21.1. The Bertz CT molecular complexity index is 1080. The molecule has 1 aromatic heterocycles. The summed E-state index contributed by atoms with van der Waals surface area (Å²) in [7, 11) is 0. The Hall–Kier alpha value is -2.58. The van der Waals surface area contributed by atoms with Gasteiger partial charge in [0.15, 0.2) is 0 Å². The molecule has 0 saturated carbocycles. The fourth-order valence-electron chi connectivity index (χ4n) is 3.42. The predicted octanol–water partition coefficient (Wildman–Crippen LogP) is 4.80. The summed E-state index contributed by atoms with van der Waals surface area (Å²) < 4.78 is 2.74. The first-order valence-electron chi connectivity index (χ1n) is 9.67. The first-order chi connectivity index (χ1) is 14.5. The molecular formula is C22H21BrN4O2S. The van der Waals surface area contributed by atoms with Crippen molar-refractivity contribution in [1.29, 1.82) is 0 Å². The average Bonchev–Trinajstić information content (AvgIpc) is 3.09. The summed E-state index contributed by atoms with van der Waals surface area (Å²) in [6.07, 6.45) is 0.904. The number of amides is 2. The van der Waals surface area contributed by atoms with E-state index in [1.54, 1.807) is 4.90 Å². The van der Waals surface area contributed by atoms with Crippen molar-refractivity contribution in [1.82, 2.24) is 9.78 Å². The molecule has 0 saturated heterocycles. The molecule has 0 fully saturated rings. The molecule has 4 rings (SSSR count). The van der Waals surface area contributed by atoms with E-state index < -0.39 is 0 Å². The second-order valence-corrected chi connectivity index (χ2v) is 8.77. The SMILES string of the molecule is Cc1nn(-c2ccccc2)c2c1N(CCCC(=O)Nc1ccccc1Br)C(=O)CS2. The lowest BCUT2D eigenvalue weighted by molar-refractivity contribution is -0.117. The summed E-state index contributed by atoms with van der Waals surface area (Å²) in [6.45, 7) is 2.40. The van der Waals surface area contributed by atoms with E-state index in [4.69, 9.17) is 0 Å². The number of aromatic nitrogens is 2. The number of fused-ring (bicyclic) bond motifs is 1. The van der Waals surface area contributed by atoms with Gasteiger partial charge in [0, 0.05) is 17.4 Å². The van der Waals surface area contributed by atoms with Gasteiger partial charge in [0.1, 0.15) is 5.03 Å². The van der Waals surface area contributed by atoms with Gasteiger partial charge in [0.05, 0.1) is 28.5 Å². The van der Waals surface area contributed by atoms with Crippen LogP contribution in [0.2, 0.25) is 0 Å². The van der Waals surface area contributed by atoms with Gasteiger partial charge in [-0.25, -0.2) is 4.68 Å². The first kappa shape index (κ1) is 20.7. The number of anilines is 2. The van der Waals surface area contributed by atoms with E-state index in [0.29, 0.717) is 25.1 Å². The number of nitrogens with one attached hydrogen (secondary N) is 1. The molecular weight excluding hydrogens is 464 g/mol. The van der Waals surface area contributed by atoms with Gasteiger partial charge < -0.3 is 10.2 Å². The summed E-state index contributed by atoms with van der Waals surface area (Å²) in [6, 6.07) is 17.4. The Morgan fingerprint density at radius 3 is 2.67 bits per heavy atom. The molecule has 1 N–H and O–H groups in total. The maximum absolute atomic E-state index is 12.6. The number of hydrogen-bond donors (Lipinski definition) is 1. The number of carbonyl (C=O) groups excluding carboxylic acids is 2. The summed E-state index contributed by atoms with van der Waals surface area (Å²) in [5, 5.41) is 8.55. The highest BCUT2D eigenvalue weighted by molar-refractivity contribution is 9.10. The third-order valence-electron chi connectivity index (χ3n) is 4.83. The Balaban J connectivity index is 1.46. The Morgan fingerprint density at radius 2 is 1.90 bits per heavy atom. The van der Waals surface area contributed by atoms with Gasteiger partial charge in [-0.1, -0.05) is 42.1 Å². The molecule has 2 amide bonds. The van der Waals surface area contributed by atoms with Crippen molar-refractivity contribution >= 4 is 50.9 Å². The number of para-hydroxylation sites is 2. The van der Waals surface area contributed by atoms with Gasteiger partial charge in [-0.15, -0.1) is 0 Å². The number of halogens is 1. The van der Waals surface area contributed by atoms with E-state index in [1.165, 1.54) is 11.8 Å². The molecule has 6 nitrogen and oxygen atoms in total. The molecule has 0 bridgehead atoms. The minimum Gasteiger partial charge on any atom is -0.325 e. The van der Waals surface area contributed by atoms with E-state index in [2.05, 4.69) is 26.3 Å². The highest BCUT2D eigenvalue weighted by atomic mass is 79.9. The van der Waals surface area contributed by atoms with E-state index in [1.807, 2.05) is 66.2 Å². The van der Waals surface area contributed by atoms with Gasteiger partial charge in [-0.2, -0.15) is 5.10 Å². The predicted molar refractivity (Wildman–Crippen MR) is 123 cm³/mol. The summed E-state index contributed by atoms with van der Waals surface area (Å²) >= 11 is 4.94. The summed E-state index contributed by atoms with van der Waals surface area (Å²) in [4.78, 5) is 26.7. The fourth-order valence-corrected chi connectivity index (χ4v) is 4.89. The Kier molecular flexibility index (Phi) is 6.24. The van der Waals surface area contributed by atoms with Crippen molar-refractivity contribution in [2.75, 3.05) is 22.5 Å². The van der Waals surface area contributed by atoms with Crippen molar-refractivity contribution in [3.8, 4) is 5.69 Å². The molecule has 3 aromatic rings. The molecule has 0 radical (unpaired) electrons. The zero-order valence-electron chi connectivity index (χ0n) is 16.5. The van der Waals surface area contributed by atoms with Crippen LogP contribution in [0.1, 0.15) is 18.5 Å². The topological polar surface area (TPSA) is 67.2 Å². The quantitative estimate of drug-likeness (QED) is 0.545. The van der Waals surface area contributed by atoms with E-state index in [-0.39, 0.29) is 11.8 Å². The van der Waals surface area contributed by atoms with E-state index in [0.717, 1.165) is 32.3 Å². The van der Waals surface area contributed by atoms with E-state index >= 15 is 0 Å². The molecule has 0 spiro atoms. The lowest BCUT2D eigenvalue weighted by atomic mass is 10.2. The van der Waals surface area contributed by atoms with Crippen molar-refractivity contribution in [3.63, 3.8) is 0 Å². The van der Waals surface area contributed by atoms with Gasteiger partial charge in [-0.3, -0.25) is 9.59 Å². The van der Waals surface area contributed by atoms with Gasteiger partial charge in [0.2, 0.25) is 11.8 Å². The van der Waals surface area contributed by atoms with Crippen LogP contribution in [0.25, 0.3) is 5.69 Å². The number of hydrogen-bond acceptors (Lipinski definition) is 4. The Labute approximate surface area is 187 Å². The molecule has 0 aliphatic carbocycles. The van der Waals surface area contributed by atoms with E-state index in [9.17, 15) is 9.59 Å². The lowest BCUT2D eigenvalue weighted by Gasteiger charge is -2.27. The zero-order valence-corrected chi connectivity index (χ0v) is 18.9. The average molecular weight is 485 g/mol. The summed E-state index contributed by atoms with van der Waals surface area (Å²) in [5.74, 6) is 0.348. The number of rotatable bonds is 6. The van der Waals surface area contributed by atoms with Crippen LogP contribution in [0, 0.1) is 6.92 Å². The van der Waals surface area contributed by atoms with Crippen LogP contribution in [0.5, 0.6) is 0 Å². The van der Waals surface area contributed by atoms with Crippen LogP contribution in [-0.4, -0.2) is 33.9 Å². The molecule has 8 heteroatoms. The van der Waals surface area contributed by atoms with Gasteiger partial charge in [0.25, 0.3) is 0 Å². The molecule has 1 aliphatic heterocycles. The van der Waals surface area contributed by atoms with Gasteiger partial charge in [-0.05, 0) is 53.5 Å². The van der Waals surface area contributed by atoms with Crippen molar-refractivity contribution in [2.45, 2.75) is 24.8 Å². The van der Waals surface area contributed by atoms with Crippen LogP contribution < -0.4 is 10.2 Å². The monoisotopic (exact) mass is 484 g/mol. The molecule has 1 aliphatic rings. The second-order valence-electron chi connectivity index (χ2n) is 6.95. The molecule has 2 aromatic carbocycles. The largest absolute Gasteiger partial charge is 0.325 e. The highest BCUT2D eigenvalue weighted by Gasteiger charge is 2.31. The third kappa shape index (κ3) is 4.29.